The highest BCUT2D eigenvalue weighted by atomic mass is 32.2. The van der Waals surface area contributed by atoms with E-state index in [1.807, 2.05) is 27.7 Å². The highest BCUT2D eigenvalue weighted by Gasteiger charge is 2.51. The largest absolute Gasteiger partial charge is 0.494 e. The van der Waals surface area contributed by atoms with Crippen LogP contribution in [0, 0.1) is 0 Å². The highest BCUT2D eigenvalue weighted by Crippen LogP contribution is 2.37. The molecule has 0 radical (unpaired) electrons. The molecule has 146 valence electrons. The molecule has 6 nitrogen and oxygen atoms in total. The Morgan fingerprint density at radius 2 is 1.93 bits per heavy atom. The summed E-state index contributed by atoms with van der Waals surface area (Å²) < 4.78 is 50.7. The average molecular weight is 398 g/mol. The standard InChI is InChI=1S/C17H21BF2N2O4S/c1-16(2)17(3,4)26-18(25-16)11-5-6-12(22-27-15(19)20)13(9-11)24-10-14-21-7-8-23-14/h5-9,15,22H,10H2,1-4H3. The van der Waals surface area contributed by atoms with Crippen molar-refractivity contribution in [2.75, 3.05) is 4.72 Å². The van der Waals surface area contributed by atoms with Gasteiger partial charge in [0.05, 0.1) is 23.1 Å². The maximum atomic E-state index is 12.6. The second-order valence-corrected chi connectivity index (χ2v) is 7.84. The van der Waals surface area contributed by atoms with Crippen LogP contribution in [0.1, 0.15) is 33.6 Å². The second kappa shape index (κ2) is 7.69. The zero-order valence-electron chi connectivity index (χ0n) is 15.5. The molecule has 0 spiro atoms. The van der Waals surface area contributed by atoms with Crippen molar-refractivity contribution >= 4 is 30.2 Å². The number of nitrogens with zero attached hydrogens (tertiary/aromatic N) is 1. The molecule has 0 saturated carbocycles. The van der Waals surface area contributed by atoms with Gasteiger partial charge in [0.1, 0.15) is 12.0 Å². The smallest absolute Gasteiger partial charge is 0.482 e. The zero-order chi connectivity index (χ0) is 19.7. The first-order chi connectivity index (χ1) is 12.7. The van der Waals surface area contributed by atoms with Crippen LogP contribution in [0.15, 0.2) is 35.1 Å². The Hall–Kier alpha value is -1.78. The molecule has 1 aromatic heterocycles. The molecule has 0 amide bonds. The molecule has 0 bridgehead atoms. The number of hydrogen-bond donors (Lipinski definition) is 1. The number of ether oxygens (including phenoxy) is 1. The number of halogens is 2. The Kier molecular flexibility index (Phi) is 5.69. The van der Waals surface area contributed by atoms with Gasteiger partial charge >= 0.3 is 12.9 Å². The Balaban J connectivity index is 1.82. The van der Waals surface area contributed by atoms with Crippen molar-refractivity contribution in [3.63, 3.8) is 0 Å². The van der Waals surface area contributed by atoms with E-state index in [2.05, 4.69) is 9.71 Å². The van der Waals surface area contributed by atoms with E-state index in [0.717, 1.165) is 5.46 Å². The van der Waals surface area contributed by atoms with E-state index in [0.29, 0.717) is 29.3 Å². The fraction of sp³-hybridized carbons (Fsp3) is 0.471. The topological polar surface area (TPSA) is 65.8 Å². The van der Waals surface area contributed by atoms with Crippen LogP contribution < -0.4 is 14.9 Å². The van der Waals surface area contributed by atoms with Crippen LogP contribution in [-0.2, 0) is 15.9 Å². The Bertz CT molecular complexity index is 758. The van der Waals surface area contributed by atoms with Crippen molar-refractivity contribution in [1.29, 1.82) is 0 Å². The SMILES string of the molecule is CC1(C)OB(c2ccc(NSC(F)F)c(OCc3ncco3)c2)OC1(C)C. The first-order valence-electron chi connectivity index (χ1n) is 8.38. The summed E-state index contributed by atoms with van der Waals surface area (Å²) in [6.45, 7) is 7.91. The fourth-order valence-electron chi connectivity index (χ4n) is 2.44. The van der Waals surface area contributed by atoms with Crippen molar-refractivity contribution in [3.05, 3.63) is 36.5 Å². The molecule has 1 aliphatic heterocycles. The van der Waals surface area contributed by atoms with Gasteiger partial charge in [0.15, 0.2) is 6.61 Å². The van der Waals surface area contributed by atoms with Gasteiger partial charge in [-0.2, -0.15) is 8.78 Å². The van der Waals surface area contributed by atoms with Crippen molar-refractivity contribution in [2.24, 2.45) is 0 Å². The van der Waals surface area contributed by atoms with Gasteiger partial charge in [-0.05, 0) is 45.3 Å². The summed E-state index contributed by atoms with van der Waals surface area (Å²) in [6, 6.07) is 5.12. The van der Waals surface area contributed by atoms with Gasteiger partial charge in [0, 0.05) is 11.9 Å². The lowest BCUT2D eigenvalue weighted by Crippen LogP contribution is -2.41. The van der Waals surface area contributed by atoms with Crippen LogP contribution in [0.4, 0.5) is 14.5 Å². The average Bonchev–Trinajstić information content (AvgIpc) is 3.17. The third-order valence-corrected chi connectivity index (χ3v) is 5.14. The number of alkyl halides is 2. The molecule has 1 saturated heterocycles. The van der Waals surface area contributed by atoms with Crippen LogP contribution in [-0.4, -0.2) is 29.1 Å². The van der Waals surface area contributed by atoms with Gasteiger partial charge in [0.25, 0.3) is 0 Å². The van der Waals surface area contributed by atoms with Gasteiger partial charge in [-0.3, -0.25) is 0 Å². The Labute approximate surface area is 161 Å². The molecule has 1 N–H and O–H groups in total. The van der Waals surface area contributed by atoms with Crippen LogP contribution in [0.25, 0.3) is 0 Å². The van der Waals surface area contributed by atoms with Gasteiger partial charge in [-0.1, -0.05) is 6.07 Å². The van der Waals surface area contributed by atoms with Crippen molar-refractivity contribution < 1.29 is 27.2 Å². The van der Waals surface area contributed by atoms with Crippen LogP contribution in [0.2, 0.25) is 0 Å². The van der Waals surface area contributed by atoms with Crippen LogP contribution in [0.3, 0.4) is 0 Å². The second-order valence-electron chi connectivity index (χ2n) is 7.04. The maximum Gasteiger partial charge on any atom is 0.494 e. The lowest BCUT2D eigenvalue weighted by Gasteiger charge is -2.32. The van der Waals surface area contributed by atoms with E-state index < -0.39 is 24.1 Å². The minimum Gasteiger partial charge on any atom is -0.482 e. The van der Waals surface area contributed by atoms with E-state index in [9.17, 15) is 8.78 Å². The molecule has 3 rings (SSSR count). The number of oxazole rings is 1. The van der Waals surface area contributed by atoms with Gasteiger partial charge in [0.2, 0.25) is 5.89 Å². The van der Waals surface area contributed by atoms with E-state index in [1.165, 1.54) is 12.5 Å². The van der Waals surface area contributed by atoms with Crippen molar-refractivity contribution in [2.45, 2.75) is 51.3 Å². The van der Waals surface area contributed by atoms with E-state index in [-0.39, 0.29) is 6.61 Å². The minimum absolute atomic E-state index is 0.0633. The predicted octanol–water partition coefficient (Wildman–Crippen LogP) is 3.84. The number of aromatic nitrogens is 1. The molecule has 27 heavy (non-hydrogen) atoms. The highest BCUT2D eigenvalue weighted by molar-refractivity contribution is 8.00. The number of nitrogens with one attached hydrogen (secondary N) is 1. The third kappa shape index (κ3) is 4.56. The lowest BCUT2D eigenvalue weighted by molar-refractivity contribution is 0.00578. The summed E-state index contributed by atoms with van der Waals surface area (Å²) in [4.78, 5) is 3.99. The van der Waals surface area contributed by atoms with E-state index >= 15 is 0 Å². The molecular formula is C17H21BF2N2O4S. The maximum absolute atomic E-state index is 12.6. The van der Waals surface area contributed by atoms with Crippen LogP contribution >= 0.6 is 11.9 Å². The first kappa shape index (κ1) is 20.0. The quantitative estimate of drug-likeness (QED) is 0.562. The van der Waals surface area contributed by atoms with E-state index in [1.54, 1.807) is 18.2 Å². The van der Waals surface area contributed by atoms with Gasteiger partial charge < -0.3 is 23.2 Å². The minimum atomic E-state index is -2.56. The number of hydrogen-bond acceptors (Lipinski definition) is 7. The zero-order valence-corrected chi connectivity index (χ0v) is 16.3. The molecule has 10 heteroatoms. The molecule has 0 aliphatic carbocycles. The first-order valence-corrected chi connectivity index (χ1v) is 9.26. The molecular weight excluding hydrogens is 377 g/mol. The number of rotatable bonds is 7. The lowest BCUT2D eigenvalue weighted by atomic mass is 9.79. The van der Waals surface area contributed by atoms with Gasteiger partial charge in [-0.15, -0.1) is 0 Å². The van der Waals surface area contributed by atoms with Crippen molar-refractivity contribution in [1.82, 2.24) is 4.98 Å². The van der Waals surface area contributed by atoms with Gasteiger partial charge in [-0.25, -0.2) is 4.98 Å². The monoisotopic (exact) mass is 398 g/mol. The number of anilines is 1. The van der Waals surface area contributed by atoms with Crippen LogP contribution in [0.5, 0.6) is 5.75 Å². The molecule has 2 heterocycles. The third-order valence-electron chi connectivity index (χ3n) is 4.62. The predicted molar refractivity (Wildman–Crippen MR) is 100 cm³/mol. The molecule has 2 aromatic rings. The van der Waals surface area contributed by atoms with E-state index in [4.69, 9.17) is 18.5 Å². The summed E-state index contributed by atoms with van der Waals surface area (Å²) in [5.74, 6) is -1.82. The molecule has 0 atom stereocenters. The molecule has 0 unspecified atom stereocenters. The summed E-state index contributed by atoms with van der Waals surface area (Å²) in [5.41, 5.74) is 0.161. The summed E-state index contributed by atoms with van der Waals surface area (Å²) in [5, 5.41) is 0. The molecule has 1 aliphatic rings. The normalized spacial score (nSPS) is 18.1. The summed E-state index contributed by atoms with van der Waals surface area (Å²) in [7, 11) is -0.587. The summed E-state index contributed by atoms with van der Waals surface area (Å²) in [6.07, 6.45) is 2.94. The fourth-order valence-corrected chi connectivity index (χ4v) is 2.82. The summed E-state index contributed by atoms with van der Waals surface area (Å²) >= 11 is 0.295. The Morgan fingerprint density at radius 3 is 2.52 bits per heavy atom. The Morgan fingerprint density at radius 1 is 1.22 bits per heavy atom. The van der Waals surface area contributed by atoms with Crippen molar-refractivity contribution in [3.8, 4) is 5.75 Å². The molecule has 1 aromatic carbocycles. The molecule has 1 fully saturated rings. The number of benzene rings is 1.